The van der Waals surface area contributed by atoms with Gasteiger partial charge in [0.1, 0.15) is 5.75 Å². The maximum atomic E-state index is 5.33. The van der Waals surface area contributed by atoms with E-state index in [4.69, 9.17) is 4.74 Å². The van der Waals surface area contributed by atoms with E-state index in [2.05, 4.69) is 40.2 Å². The lowest BCUT2D eigenvalue weighted by Crippen LogP contribution is -2.50. The van der Waals surface area contributed by atoms with Crippen LogP contribution in [-0.2, 0) is 6.54 Å². The van der Waals surface area contributed by atoms with E-state index in [9.17, 15) is 0 Å². The lowest BCUT2D eigenvalue weighted by Gasteiger charge is -2.37. The predicted octanol–water partition coefficient (Wildman–Crippen LogP) is 1.90. The molecule has 1 N–H and O–H groups in total. The number of methoxy groups -OCH3 is 1. The SMILES string of the molecule is COc1ccc(CN2CCN(C3CCNC3)CC2)cc1C.Cl. The molecular formula is C17H28ClN3O. The average molecular weight is 326 g/mol. The van der Waals surface area contributed by atoms with E-state index < -0.39 is 0 Å². The summed E-state index contributed by atoms with van der Waals surface area (Å²) in [5.41, 5.74) is 2.62. The largest absolute Gasteiger partial charge is 0.496 e. The maximum Gasteiger partial charge on any atom is 0.121 e. The van der Waals surface area contributed by atoms with Gasteiger partial charge in [0.2, 0.25) is 0 Å². The van der Waals surface area contributed by atoms with Crippen molar-refractivity contribution in [1.82, 2.24) is 15.1 Å². The molecule has 1 atom stereocenters. The van der Waals surface area contributed by atoms with E-state index in [1.807, 2.05) is 0 Å². The van der Waals surface area contributed by atoms with E-state index in [-0.39, 0.29) is 12.4 Å². The molecule has 0 radical (unpaired) electrons. The van der Waals surface area contributed by atoms with Crippen LogP contribution in [0.2, 0.25) is 0 Å². The van der Waals surface area contributed by atoms with Gasteiger partial charge < -0.3 is 10.1 Å². The molecule has 0 spiro atoms. The molecule has 3 rings (SSSR count). The zero-order chi connectivity index (χ0) is 14.7. The van der Waals surface area contributed by atoms with Crippen LogP contribution in [0.1, 0.15) is 17.5 Å². The van der Waals surface area contributed by atoms with Gasteiger partial charge in [-0.15, -0.1) is 12.4 Å². The third kappa shape index (κ3) is 4.13. The topological polar surface area (TPSA) is 27.7 Å². The van der Waals surface area contributed by atoms with E-state index >= 15 is 0 Å². The molecule has 0 amide bonds. The highest BCUT2D eigenvalue weighted by Gasteiger charge is 2.25. The van der Waals surface area contributed by atoms with E-state index in [0.29, 0.717) is 0 Å². The van der Waals surface area contributed by atoms with E-state index in [1.54, 1.807) is 7.11 Å². The number of halogens is 1. The molecule has 1 aromatic rings. The third-order valence-electron chi connectivity index (χ3n) is 4.82. The number of nitrogens with zero attached hydrogens (tertiary/aromatic N) is 2. The van der Waals surface area contributed by atoms with Crippen molar-refractivity contribution in [2.75, 3.05) is 46.4 Å². The Hall–Kier alpha value is -0.810. The molecule has 2 saturated heterocycles. The molecule has 2 aliphatic heterocycles. The standard InChI is InChI=1S/C17H27N3O.ClH/c1-14-11-15(3-4-17(14)21-2)13-19-7-9-20(10-8-19)16-5-6-18-12-16;/h3-4,11,16,18H,5-10,12-13H2,1-2H3;1H. The zero-order valence-corrected chi connectivity index (χ0v) is 14.5. The van der Waals surface area contributed by atoms with E-state index in [0.717, 1.165) is 18.3 Å². The molecule has 2 fully saturated rings. The summed E-state index contributed by atoms with van der Waals surface area (Å²) in [6, 6.07) is 7.31. The van der Waals surface area contributed by atoms with Crippen LogP contribution >= 0.6 is 12.4 Å². The number of ether oxygens (including phenoxy) is 1. The van der Waals surface area contributed by atoms with Gasteiger partial charge in [0.05, 0.1) is 7.11 Å². The summed E-state index contributed by atoms with van der Waals surface area (Å²) in [5.74, 6) is 0.984. The van der Waals surface area contributed by atoms with E-state index in [1.165, 1.54) is 56.8 Å². The summed E-state index contributed by atoms with van der Waals surface area (Å²) >= 11 is 0. The highest BCUT2D eigenvalue weighted by Crippen LogP contribution is 2.20. The Morgan fingerprint density at radius 3 is 2.59 bits per heavy atom. The first-order chi connectivity index (χ1) is 10.3. The Balaban J connectivity index is 0.00000176. The second-order valence-corrected chi connectivity index (χ2v) is 6.26. The Morgan fingerprint density at radius 1 is 1.23 bits per heavy atom. The van der Waals surface area contributed by atoms with Crippen molar-refractivity contribution in [2.45, 2.75) is 25.9 Å². The molecule has 5 heteroatoms. The molecule has 22 heavy (non-hydrogen) atoms. The van der Waals surface area contributed by atoms with Crippen LogP contribution in [0.3, 0.4) is 0 Å². The van der Waals surface area contributed by atoms with Gasteiger partial charge in [-0.2, -0.15) is 0 Å². The fourth-order valence-corrected chi connectivity index (χ4v) is 3.53. The quantitative estimate of drug-likeness (QED) is 0.915. The van der Waals surface area contributed by atoms with Crippen LogP contribution in [0.5, 0.6) is 5.75 Å². The fraction of sp³-hybridized carbons (Fsp3) is 0.647. The molecule has 1 aromatic carbocycles. The number of rotatable bonds is 4. The second kappa shape index (κ2) is 8.16. The van der Waals surface area contributed by atoms with Gasteiger partial charge in [0, 0.05) is 45.3 Å². The Labute approximate surface area is 140 Å². The van der Waals surface area contributed by atoms with Crippen LogP contribution in [-0.4, -0.2) is 62.2 Å². The number of nitrogens with one attached hydrogen (secondary N) is 1. The molecule has 2 aliphatic rings. The molecule has 0 aliphatic carbocycles. The summed E-state index contributed by atoms with van der Waals surface area (Å²) < 4.78 is 5.33. The maximum absolute atomic E-state index is 5.33. The summed E-state index contributed by atoms with van der Waals surface area (Å²) in [6.07, 6.45) is 1.32. The van der Waals surface area contributed by atoms with Gasteiger partial charge >= 0.3 is 0 Å². The predicted molar refractivity (Wildman–Crippen MR) is 93.1 cm³/mol. The fourth-order valence-electron chi connectivity index (χ4n) is 3.53. The van der Waals surface area contributed by atoms with Gasteiger partial charge in [-0.05, 0) is 37.1 Å². The highest BCUT2D eigenvalue weighted by molar-refractivity contribution is 5.85. The van der Waals surface area contributed by atoms with Crippen molar-refractivity contribution in [1.29, 1.82) is 0 Å². The molecule has 0 saturated carbocycles. The first kappa shape index (κ1) is 17.5. The number of hydrogen-bond donors (Lipinski definition) is 1. The van der Waals surface area contributed by atoms with Crippen molar-refractivity contribution in [3.8, 4) is 5.75 Å². The van der Waals surface area contributed by atoms with Crippen molar-refractivity contribution in [3.05, 3.63) is 29.3 Å². The van der Waals surface area contributed by atoms with Crippen molar-refractivity contribution in [2.24, 2.45) is 0 Å². The highest BCUT2D eigenvalue weighted by atomic mass is 35.5. The first-order valence-electron chi connectivity index (χ1n) is 8.07. The van der Waals surface area contributed by atoms with Gasteiger partial charge in [-0.1, -0.05) is 12.1 Å². The molecule has 4 nitrogen and oxygen atoms in total. The lowest BCUT2D eigenvalue weighted by molar-refractivity contribution is 0.0981. The van der Waals surface area contributed by atoms with Crippen molar-refractivity contribution in [3.63, 3.8) is 0 Å². The number of aryl methyl sites for hydroxylation is 1. The summed E-state index contributed by atoms with van der Waals surface area (Å²) in [7, 11) is 1.74. The smallest absolute Gasteiger partial charge is 0.121 e. The molecule has 0 bridgehead atoms. The Kier molecular flexibility index (Phi) is 6.50. The first-order valence-corrected chi connectivity index (χ1v) is 8.07. The van der Waals surface area contributed by atoms with Gasteiger partial charge in [-0.3, -0.25) is 9.80 Å². The van der Waals surface area contributed by atoms with Crippen molar-refractivity contribution < 1.29 is 4.74 Å². The Morgan fingerprint density at radius 2 is 2.00 bits per heavy atom. The minimum absolute atomic E-state index is 0. The minimum atomic E-state index is 0. The van der Waals surface area contributed by atoms with Gasteiger partial charge in [0.25, 0.3) is 0 Å². The summed E-state index contributed by atoms with van der Waals surface area (Å²) in [4.78, 5) is 5.23. The number of piperazine rings is 1. The molecular weight excluding hydrogens is 298 g/mol. The normalized spacial score (nSPS) is 23.3. The minimum Gasteiger partial charge on any atom is -0.496 e. The second-order valence-electron chi connectivity index (χ2n) is 6.26. The van der Waals surface area contributed by atoms with Crippen LogP contribution in [0, 0.1) is 6.92 Å². The number of benzene rings is 1. The van der Waals surface area contributed by atoms with Crippen molar-refractivity contribution >= 4 is 12.4 Å². The Bertz CT molecular complexity index is 469. The zero-order valence-electron chi connectivity index (χ0n) is 13.7. The summed E-state index contributed by atoms with van der Waals surface area (Å²) in [5, 5.41) is 3.47. The number of hydrogen-bond acceptors (Lipinski definition) is 4. The average Bonchev–Trinajstić information content (AvgIpc) is 3.02. The monoisotopic (exact) mass is 325 g/mol. The molecule has 1 unspecified atom stereocenters. The lowest BCUT2D eigenvalue weighted by atomic mass is 10.1. The van der Waals surface area contributed by atoms with Crippen LogP contribution in [0.25, 0.3) is 0 Å². The van der Waals surface area contributed by atoms with Crippen LogP contribution in [0.15, 0.2) is 18.2 Å². The van der Waals surface area contributed by atoms with Gasteiger partial charge in [0.15, 0.2) is 0 Å². The molecule has 124 valence electrons. The molecule has 2 heterocycles. The van der Waals surface area contributed by atoms with Crippen LogP contribution < -0.4 is 10.1 Å². The van der Waals surface area contributed by atoms with Gasteiger partial charge in [-0.25, -0.2) is 0 Å². The third-order valence-corrected chi connectivity index (χ3v) is 4.82. The summed E-state index contributed by atoms with van der Waals surface area (Å²) in [6.45, 7) is 10.3. The van der Waals surface area contributed by atoms with Crippen LogP contribution in [0.4, 0.5) is 0 Å². The molecule has 0 aromatic heterocycles.